The van der Waals surface area contributed by atoms with Gasteiger partial charge >= 0.3 is 0 Å². The molecule has 0 amide bonds. The van der Waals surface area contributed by atoms with Crippen molar-refractivity contribution in [2.24, 2.45) is 18.9 Å². The van der Waals surface area contributed by atoms with E-state index in [0.717, 1.165) is 35.8 Å². The maximum atomic E-state index is 12.9. The molecule has 4 aromatic rings. The molecule has 35 heavy (non-hydrogen) atoms. The molecule has 0 N–H and O–H groups in total. The van der Waals surface area contributed by atoms with Crippen molar-refractivity contribution in [3.05, 3.63) is 64.2 Å². The number of fused-ring (bicyclic) bond motifs is 4. The summed E-state index contributed by atoms with van der Waals surface area (Å²) >= 11 is 0. The Morgan fingerprint density at radius 3 is 2.74 bits per heavy atom. The average molecular weight is 474 g/mol. The molecule has 3 heterocycles. The molecule has 0 saturated heterocycles. The Hall–Kier alpha value is -3.39. The van der Waals surface area contributed by atoms with E-state index in [1.54, 1.807) is 11.6 Å². The van der Waals surface area contributed by atoms with Crippen LogP contribution in [0.15, 0.2) is 47.3 Å². The van der Waals surface area contributed by atoms with Crippen molar-refractivity contribution in [2.75, 3.05) is 6.79 Å². The monoisotopic (exact) mass is 473 g/mol. The number of ether oxygens (including phenoxy) is 2. The minimum atomic E-state index is -0.0565. The zero-order valence-corrected chi connectivity index (χ0v) is 20.5. The average Bonchev–Trinajstić information content (AvgIpc) is 3.51. The largest absolute Gasteiger partial charge is 0.454 e. The number of benzene rings is 2. The van der Waals surface area contributed by atoms with Crippen molar-refractivity contribution < 1.29 is 9.47 Å². The molecule has 2 aliphatic rings. The van der Waals surface area contributed by atoms with E-state index in [9.17, 15) is 4.79 Å². The van der Waals surface area contributed by atoms with Crippen LogP contribution in [-0.2, 0) is 20.1 Å². The van der Waals surface area contributed by atoms with Crippen LogP contribution in [0.25, 0.3) is 16.7 Å². The number of hydrogen-bond donors (Lipinski definition) is 0. The van der Waals surface area contributed by atoms with Crippen LogP contribution in [-0.4, -0.2) is 36.9 Å². The van der Waals surface area contributed by atoms with E-state index in [1.165, 1.54) is 18.4 Å². The molecule has 0 spiro atoms. The van der Waals surface area contributed by atoms with Gasteiger partial charge in [-0.3, -0.25) is 18.7 Å². The standard InChI is InChI=1S/C27H31N5O3/c1-17-7-6-10-21(18(17)2)31(14-19-11-12-23-24(13-19)35-16-34-23)15-25-28-29-27-30(3)26(33)20-8-4-5-9-22(20)32(25)27/h4-5,8-9,11-13,17-18,21H,6-7,10,14-16H2,1-3H3. The molecule has 1 saturated carbocycles. The molecular weight excluding hydrogens is 442 g/mol. The summed E-state index contributed by atoms with van der Waals surface area (Å²) in [4.78, 5) is 15.4. The maximum Gasteiger partial charge on any atom is 0.262 e. The van der Waals surface area contributed by atoms with Gasteiger partial charge in [-0.2, -0.15) is 0 Å². The van der Waals surface area contributed by atoms with Crippen LogP contribution in [0, 0.1) is 11.8 Å². The predicted molar refractivity (Wildman–Crippen MR) is 134 cm³/mol. The van der Waals surface area contributed by atoms with Crippen LogP contribution >= 0.6 is 0 Å². The topological polar surface area (TPSA) is 73.9 Å². The van der Waals surface area contributed by atoms with Crippen molar-refractivity contribution in [2.45, 2.75) is 52.2 Å². The second-order valence-electron chi connectivity index (χ2n) is 10.1. The summed E-state index contributed by atoms with van der Waals surface area (Å²) in [6, 6.07) is 14.3. The third-order valence-electron chi connectivity index (χ3n) is 7.99. The minimum Gasteiger partial charge on any atom is -0.454 e. The molecule has 182 valence electrons. The van der Waals surface area contributed by atoms with Gasteiger partial charge in [0.1, 0.15) is 0 Å². The highest BCUT2D eigenvalue weighted by atomic mass is 16.7. The van der Waals surface area contributed by atoms with Gasteiger partial charge < -0.3 is 9.47 Å². The lowest BCUT2D eigenvalue weighted by atomic mass is 9.77. The summed E-state index contributed by atoms with van der Waals surface area (Å²) < 4.78 is 14.8. The van der Waals surface area contributed by atoms with Gasteiger partial charge in [-0.25, -0.2) is 0 Å². The van der Waals surface area contributed by atoms with E-state index in [1.807, 2.05) is 34.7 Å². The molecule has 2 aromatic heterocycles. The molecule has 3 unspecified atom stereocenters. The molecule has 1 fully saturated rings. The first-order chi connectivity index (χ1) is 17.0. The van der Waals surface area contributed by atoms with Crippen molar-refractivity contribution in [3.63, 3.8) is 0 Å². The van der Waals surface area contributed by atoms with Crippen molar-refractivity contribution in [1.29, 1.82) is 0 Å². The van der Waals surface area contributed by atoms with Gasteiger partial charge in [0.05, 0.1) is 17.4 Å². The van der Waals surface area contributed by atoms with Gasteiger partial charge in [0.15, 0.2) is 17.3 Å². The maximum absolute atomic E-state index is 12.9. The fraction of sp³-hybridized carbons (Fsp3) is 0.444. The minimum absolute atomic E-state index is 0.0565. The van der Waals surface area contributed by atoms with Crippen LogP contribution in [0.3, 0.4) is 0 Å². The predicted octanol–water partition coefficient (Wildman–Crippen LogP) is 4.14. The molecule has 3 atom stereocenters. The lowest BCUT2D eigenvalue weighted by Gasteiger charge is -2.41. The summed E-state index contributed by atoms with van der Waals surface area (Å²) in [6.45, 7) is 6.43. The Bertz CT molecular complexity index is 1460. The molecule has 8 heteroatoms. The summed E-state index contributed by atoms with van der Waals surface area (Å²) in [6.07, 6.45) is 3.66. The number of aryl methyl sites for hydroxylation is 1. The smallest absolute Gasteiger partial charge is 0.262 e. The van der Waals surface area contributed by atoms with Crippen LogP contribution in [0.5, 0.6) is 11.5 Å². The van der Waals surface area contributed by atoms with E-state index in [0.29, 0.717) is 35.6 Å². The molecular formula is C27H31N5O3. The first kappa shape index (κ1) is 22.1. The van der Waals surface area contributed by atoms with Gasteiger partial charge in [-0.15, -0.1) is 10.2 Å². The van der Waals surface area contributed by atoms with E-state index in [2.05, 4.69) is 41.1 Å². The van der Waals surface area contributed by atoms with E-state index in [-0.39, 0.29) is 12.4 Å². The molecule has 1 aliphatic heterocycles. The zero-order valence-electron chi connectivity index (χ0n) is 20.5. The Labute approximate surface area is 204 Å². The first-order valence-electron chi connectivity index (χ1n) is 12.5. The van der Waals surface area contributed by atoms with Crippen LogP contribution in [0.2, 0.25) is 0 Å². The second kappa shape index (κ2) is 8.68. The van der Waals surface area contributed by atoms with Crippen molar-refractivity contribution in [1.82, 2.24) is 24.1 Å². The third-order valence-corrected chi connectivity index (χ3v) is 7.99. The number of hydrogen-bond acceptors (Lipinski definition) is 6. The van der Waals surface area contributed by atoms with E-state index >= 15 is 0 Å². The first-order valence-corrected chi connectivity index (χ1v) is 12.5. The number of nitrogens with zero attached hydrogens (tertiary/aromatic N) is 5. The Balaban J connectivity index is 1.42. The van der Waals surface area contributed by atoms with E-state index in [4.69, 9.17) is 9.47 Å². The van der Waals surface area contributed by atoms with Crippen molar-refractivity contribution in [3.8, 4) is 11.5 Å². The summed E-state index contributed by atoms with van der Waals surface area (Å²) in [7, 11) is 1.76. The Morgan fingerprint density at radius 1 is 1.03 bits per heavy atom. The highest BCUT2D eigenvalue weighted by Crippen LogP contribution is 2.36. The highest BCUT2D eigenvalue weighted by Gasteiger charge is 2.33. The molecule has 0 radical (unpaired) electrons. The molecule has 6 rings (SSSR count). The Kier molecular flexibility index (Phi) is 5.48. The summed E-state index contributed by atoms with van der Waals surface area (Å²) in [5, 5.41) is 9.69. The van der Waals surface area contributed by atoms with Crippen LogP contribution < -0.4 is 15.0 Å². The SMILES string of the molecule is CC1CCCC(N(Cc2ccc3c(c2)OCO3)Cc2nnc3n(C)c(=O)c4ccccc4n23)C1C. The lowest BCUT2D eigenvalue weighted by Crippen LogP contribution is -2.43. The fourth-order valence-corrected chi connectivity index (χ4v) is 5.81. The summed E-state index contributed by atoms with van der Waals surface area (Å²) in [5.74, 6) is 4.26. The highest BCUT2D eigenvalue weighted by molar-refractivity contribution is 5.80. The van der Waals surface area contributed by atoms with Gasteiger partial charge in [-0.05, 0) is 48.1 Å². The van der Waals surface area contributed by atoms with Gasteiger partial charge in [0, 0.05) is 19.6 Å². The lowest BCUT2D eigenvalue weighted by molar-refractivity contribution is 0.0663. The van der Waals surface area contributed by atoms with Crippen LogP contribution in [0.4, 0.5) is 0 Å². The van der Waals surface area contributed by atoms with Gasteiger partial charge in [-0.1, -0.05) is 44.9 Å². The molecule has 0 bridgehead atoms. The summed E-state index contributed by atoms with van der Waals surface area (Å²) in [5.41, 5.74) is 1.98. The number of aromatic nitrogens is 4. The third kappa shape index (κ3) is 3.76. The van der Waals surface area contributed by atoms with E-state index < -0.39 is 0 Å². The Morgan fingerprint density at radius 2 is 1.86 bits per heavy atom. The van der Waals surface area contributed by atoms with Gasteiger partial charge in [0.2, 0.25) is 12.6 Å². The fourth-order valence-electron chi connectivity index (χ4n) is 5.81. The van der Waals surface area contributed by atoms with Gasteiger partial charge in [0.25, 0.3) is 5.56 Å². The van der Waals surface area contributed by atoms with Crippen molar-refractivity contribution >= 4 is 16.7 Å². The van der Waals surface area contributed by atoms with Crippen LogP contribution in [0.1, 0.15) is 44.5 Å². The molecule has 8 nitrogen and oxygen atoms in total. The number of para-hydroxylation sites is 1. The molecule has 2 aromatic carbocycles. The zero-order chi connectivity index (χ0) is 24.1. The second-order valence-corrected chi connectivity index (χ2v) is 10.1. The quantitative estimate of drug-likeness (QED) is 0.434. The molecule has 1 aliphatic carbocycles. The normalized spacial score (nSPS) is 21.9. The number of rotatable bonds is 5.